The number of hydrogen-bond acceptors (Lipinski definition) is 2. The standard InChI is InChI=1S/C11H14N2/c1-2-5-11(4-1)8-13-10-3-6-12-7-9(10)11/h3,6-7,13H,1-2,4-5,8H2. The van der Waals surface area contributed by atoms with Crippen LogP contribution >= 0.6 is 0 Å². The second kappa shape index (κ2) is 2.47. The third-order valence-corrected chi connectivity index (χ3v) is 3.57. The summed E-state index contributed by atoms with van der Waals surface area (Å²) >= 11 is 0. The lowest BCUT2D eigenvalue weighted by atomic mass is 9.82. The molecule has 1 aliphatic carbocycles. The van der Waals surface area contributed by atoms with Crippen LogP contribution in [0, 0.1) is 0 Å². The molecule has 2 aliphatic rings. The maximum absolute atomic E-state index is 4.24. The topological polar surface area (TPSA) is 24.9 Å². The first-order chi connectivity index (χ1) is 6.41. The third kappa shape index (κ3) is 0.916. The van der Waals surface area contributed by atoms with Crippen LogP contribution in [-0.2, 0) is 5.41 Å². The van der Waals surface area contributed by atoms with Gasteiger partial charge in [-0.05, 0) is 18.9 Å². The van der Waals surface area contributed by atoms with Crippen LogP contribution in [0.4, 0.5) is 5.69 Å². The fourth-order valence-electron chi connectivity index (χ4n) is 2.83. The summed E-state index contributed by atoms with van der Waals surface area (Å²) in [6.45, 7) is 1.13. The molecule has 3 rings (SSSR count). The van der Waals surface area contributed by atoms with Crippen molar-refractivity contribution in [3.05, 3.63) is 24.0 Å². The molecule has 1 N–H and O–H groups in total. The van der Waals surface area contributed by atoms with E-state index in [0.29, 0.717) is 5.41 Å². The van der Waals surface area contributed by atoms with Crippen LogP contribution in [0.1, 0.15) is 31.2 Å². The average Bonchev–Trinajstić information content (AvgIpc) is 2.78. The van der Waals surface area contributed by atoms with Gasteiger partial charge in [0.25, 0.3) is 0 Å². The molecule has 1 saturated carbocycles. The van der Waals surface area contributed by atoms with Crippen LogP contribution < -0.4 is 5.32 Å². The molecular formula is C11H14N2. The summed E-state index contributed by atoms with van der Waals surface area (Å²) < 4.78 is 0. The van der Waals surface area contributed by atoms with Crippen LogP contribution in [-0.4, -0.2) is 11.5 Å². The van der Waals surface area contributed by atoms with Crippen LogP contribution in [0.5, 0.6) is 0 Å². The quantitative estimate of drug-likeness (QED) is 0.653. The second-order valence-electron chi connectivity index (χ2n) is 4.26. The minimum absolute atomic E-state index is 0.448. The van der Waals surface area contributed by atoms with E-state index >= 15 is 0 Å². The Hall–Kier alpha value is -1.05. The Kier molecular flexibility index (Phi) is 1.40. The second-order valence-corrected chi connectivity index (χ2v) is 4.26. The molecule has 0 amide bonds. The zero-order valence-electron chi connectivity index (χ0n) is 7.71. The van der Waals surface area contributed by atoms with Crippen molar-refractivity contribution in [3.8, 4) is 0 Å². The molecule has 13 heavy (non-hydrogen) atoms. The molecule has 2 heterocycles. The molecule has 1 spiro atoms. The van der Waals surface area contributed by atoms with Gasteiger partial charge in [0.2, 0.25) is 0 Å². The summed E-state index contributed by atoms with van der Waals surface area (Å²) in [6, 6.07) is 2.10. The summed E-state index contributed by atoms with van der Waals surface area (Å²) in [5.41, 5.74) is 3.23. The first kappa shape index (κ1) is 7.36. The van der Waals surface area contributed by atoms with Gasteiger partial charge >= 0.3 is 0 Å². The Bertz CT molecular complexity index is 327. The number of pyridine rings is 1. The number of rotatable bonds is 0. The zero-order chi connectivity index (χ0) is 8.73. The molecule has 0 atom stereocenters. The predicted molar refractivity (Wildman–Crippen MR) is 52.9 cm³/mol. The average molecular weight is 174 g/mol. The van der Waals surface area contributed by atoms with E-state index in [1.807, 2.05) is 6.20 Å². The Morgan fingerprint density at radius 3 is 3.00 bits per heavy atom. The molecule has 2 heteroatoms. The molecule has 0 unspecified atom stereocenters. The van der Waals surface area contributed by atoms with Gasteiger partial charge in [0.1, 0.15) is 0 Å². The molecule has 1 aromatic heterocycles. The van der Waals surface area contributed by atoms with Gasteiger partial charge in [-0.15, -0.1) is 0 Å². The molecular weight excluding hydrogens is 160 g/mol. The van der Waals surface area contributed by atoms with Crippen molar-refractivity contribution in [2.45, 2.75) is 31.1 Å². The summed E-state index contributed by atoms with van der Waals surface area (Å²) in [6.07, 6.45) is 9.39. The monoisotopic (exact) mass is 174 g/mol. The highest BCUT2D eigenvalue weighted by Gasteiger charge is 2.40. The van der Waals surface area contributed by atoms with E-state index < -0.39 is 0 Å². The Morgan fingerprint density at radius 1 is 1.31 bits per heavy atom. The summed E-state index contributed by atoms with van der Waals surface area (Å²) in [5.74, 6) is 0. The number of aromatic nitrogens is 1. The highest BCUT2D eigenvalue weighted by molar-refractivity contribution is 5.59. The summed E-state index contributed by atoms with van der Waals surface area (Å²) in [7, 11) is 0. The van der Waals surface area contributed by atoms with Gasteiger partial charge in [0.15, 0.2) is 0 Å². The molecule has 68 valence electrons. The predicted octanol–water partition coefficient (Wildman–Crippen LogP) is 2.32. The van der Waals surface area contributed by atoms with Crippen LogP contribution in [0.15, 0.2) is 18.5 Å². The van der Waals surface area contributed by atoms with Crippen LogP contribution in [0.2, 0.25) is 0 Å². The van der Waals surface area contributed by atoms with Crippen LogP contribution in [0.3, 0.4) is 0 Å². The maximum atomic E-state index is 4.24. The zero-order valence-corrected chi connectivity index (χ0v) is 7.71. The largest absolute Gasteiger partial charge is 0.384 e. The normalized spacial score (nSPS) is 23.1. The van der Waals surface area contributed by atoms with E-state index in [0.717, 1.165) is 6.54 Å². The first-order valence-electron chi connectivity index (χ1n) is 5.09. The lowest BCUT2D eigenvalue weighted by Crippen LogP contribution is -2.24. The Labute approximate surface area is 78.4 Å². The lowest BCUT2D eigenvalue weighted by Gasteiger charge is -2.21. The number of fused-ring (bicyclic) bond motifs is 2. The van der Waals surface area contributed by atoms with Crippen molar-refractivity contribution in [3.63, 3.8) is 0 Å². The van der Waals surface area contributed by atoms with E-state index in [1.54, 1.807) is 0 Å². The molecule has 1 aliphatic heterocycles. The van der Waals surface area contributed by atoms with Gasteiger partial charge in [-0.2, -0.15) is 0 Å². The molecule has 2 nitrogen and oxygen atoms in total. The highest BCUT2D eigenvalue weighted by atomic mass is 14.9. The van der Waals surface area contributed by atoms with Gasteiger partial charge in [0.05, 0.1) is 0 Å². The van der Waals surface area contributed by atoms with Crippen molar-refractivity contribution < 1.29 is 0 Å². The van der Waals surface area contributed by atoms with Gasteiger partial charge in [-0.1, -0.05) is 12.8 Å². The number of nitrogens with zero attached hydrogens (tertiary/aromatic N) is 1. The summed E-state index contributed by atoms with van der Waals surface area (Å²) in [4.78, 5) is 4.24. The minimum atomic E-state index is 0.448. The van der Waals surface area contributed by atoms with Crippen molar-refractivity contribution >= 4 is 5.69 Å². The van der Waals surface area contributed by atoms with Gasteiger partial charge in [-0.25, -0.2) is 0 Å². The lowest BCUT2D eigenvalue weighted by molar-refractivity contribution is 0.488. The van der Waals surface area contributed by atoms with E-state index in [4.69, 9.17) is 0 Å². The first-order valence-corrected chi connectivity index (χ1v) is 5.09. The number of anilines is 1. The van der Waals surface area contributed by atoms with Gasteiger partial charge in [-0.3, -0.25) is 4.98 Å². The molecule has 0 radical (unpaired) electrons. The van der Waals surface area contributed by atoms with Crippen molar-refractivity contribution in [1.29, 1.82) is 0 Å². The van der Waals surface area contributed by atoms with E-state index in [2.05, 4.69) is 22.6 Å². The van der Waals surface area contributed by atoms with E-state index in [9.17, 15) is 0 Å². The van der Waals surface area contributed by atoms with E-state index in [1.165, 1.54) is 36.9 Å². The molecule has 0 bridgehead atoms. The minimum Gasteiger partial charge on any atom is -0.384 e. The Balaban J connectivity index is 2.11. The molecule has 0 saturated heterocycles. The van der Waals surface area contributed by atoms with Crippen molar-refractivity contribution in [2.24, 2.45) is 0 Å². The van der Waals surface area contributed by atoms with Crippen molar-refractivity contribution in [2.75, 3.05) is 11.9 Å². The maximum Gasteiger partial charge on any atom is 0.0410 e. The fraction of sp³-hybridized carbons (Fsp3) is 0.545. The van der Waals surface area contributed by atoms with Gasteiger partial charge < -0.3 is 5.32 Å². The van der Waals surface area contributed by atoms with Crippen LogP contribution in [0.25, 0.3) is 0 Å². The van der Waals surface area contributed by atoms with Crippen molar-refractivity contribution in [1.82, 2.24) is 4.98 Å². The fourth-order valence-corrected chi connectivity index (χ4v) is 2.83. The molecule has 0 aromatic carbocycles. The van der Waals surface area contributed by atoms with E-state index in [-0.39, 0.29) is 0 Å². The van der Waals surface area contributed by atoms with Gasteiger partial charge in [0, 0.05) is 35.6 Å². The third-order valence-electron chi connectivity index (χ3n) is 3.57. The Morgan fingerprint density at radius 2 is 2.15 bits per heavy atom. The smallest absolute Gasteiger partial charge is 0.0410 e. The number of hydrogen-bond donors (Lipinski definition) is 1. The molecule has 1 aromatic rings. The summed E-state index contributed by atoms with van der Waals surface area (Å²) in [5, 5.41) is 3.49. The number of nitrogens with one attached hydrogen (secondary N) is 1. The molecule has 1 fully saturated rings. The SMILES string of the molecule is c1cc2c(cn1)C1(CCCC1)CN2. The highest BCUT2D eigenvalue weighted by Crippen LogP contribution is 2.47.